The topological polar surface area (TPSA) is 59.1 Å². The van der Waals surface area contributed by atoms with Crippen molar-refractivity contribution in [2.24, 2.45) is 0 Å². The second kappa shape index (κ2) is 3.31. The molecule has 0 radical (unpaired) electrons. The number of nitrogen functional groups attached to an aromatic ring is 1. The molecule has 3 nitrogen and oxygen atoms in total. The number of nitrogens with zero attached hydrogens (tertiary/aromatic N) is 1. The largest absolute Gasteiger partial charge is 0.506 e. The predicted molar refractivity (Wildman–Crippen MR) is 58.4 cm³/mol. The van der Waals surface area contributed by atoms with Gasteiger partial charge in [0.1, 0.15) is 5.75 Å². The molecule has 1 heterocycles. The van der Waals surface area contributed by atoms with Crippen LogP contribution in [-0.2, 0) is 0 Å². The summed E-state index contributed by atoms with van der Waals surface area (Å²) in [7, 11) is 0. The van der Waals surface area contributed by atoms with Crippen molar-refractivity contribution in [3.05, 3.63) is 28.6 Å². The fourth-order valence-electron chi connectivity index (χ4n) is 1.20. The van der Waals surface area contributed by atoms with Crippen molar-refractivity contribution in [2.75, 3.05) is 5.73 Å². The molecule has 2 rings (SSSR count). The van der Waals surface area contributed by atoms with Crippen molar-refractivity contribution in [1.29, 1.82) is 0 Å². The van der Waals surface area contributed by atoms with Crippen molar-refractivity contribution in [1.82, 2.24) is 4.98 Å². The van der Waals surface area contributed by atoms with Crippen molar-refractivity contribution >= 4 is 17.0 Å². The summed E-state index contributed by atoms with van der Waals surface area (Å²) < 4.78 is 0. The number of thiazole rings is 1. The first kappa shape index (κ1) is 9.02. The van der Waals surface area contributed by atoms with Gasteiger partial charge in [0.2, 0.25) is 0 Å². The van der Waals surface area contributed by atoms with Crippen molar-refractivity contribution in [2.45, 2.75) is 6.92 Å². The Bertz CT molecular complexity index is 465. The Balaban J connectivity index is 2.47. The van der Waals surface area contributed by atoms with Crippen LogP contribution in [0.1, 0.15) is 5.01 Å². The van der Waals surface area contributed by atoms with Crippen LogP contribution in [0.25, 0.3) is 11.3 Å². The van der Waals surface area contributed by atoms with Crippen LogP contribution in [0.3, 0.4) is 0 Å². The molecule has 0 atom stereocenters. The van der Waals surface area contributed by atoms with Crippen molar-refractivity contribution in [3.63, 3.8) is 0 Å². The number of hydrogen-bond donors (Lipinski definition) is 2. The molecular weight excluding hydrogens is 196 g/mol. The van der Waals surface area contributed by atoms with Gasteiger partial charge in [-0.2, -0.15) is 0 Å². The van der Waals surface area contributed by atoms with Gasteiger partial charge in [0, 0.05) is 10.9 Å². The molecular formula is C10H10N2OS. The molecule has 3 N–H and O–H groups in total. The molecule has 0 fully saturated rings. The van der Waals surface area contributed by atoms with Crippen LogP contribution in [0.5, 0.6) is 5.75 Å². The molecule has 0 aliphatic carbocycles. The molecule has 0 aliphatic heterocycles. The minimum Gasteiger partial charge on any atom is -0.506 e. The Morgan fingerprint density at radius 1 is 1.43 bits per heavy atom. The lowest BCUT2D eigenvalue weighted by molar-refractivity contribution is 0.478. The summed E-state index contributed by atoms with van der Waals surface area (Å²) in [5.41, 5.74) is 7.66. The molecule has 0 amide bonds. The number of phenols is 1. The maximum Gasteiger partial charge on any atom is 0.139 e. The number of phenolic OH excluding ortho intramolecular Hbond substituents is 1. The van der Waals surface area contributed by atoms with Gasteiger partial charge in [-0.15, -0.1) is 11.3 Å². The van der Waals surface area contributed by atoms with E-state index in [9.17, 15) is 5.11 Å². The first-order valence-electron chi connectivity index (χ1n) is 4.18. The lowest BCUT2D eigenvalue weighted by Gasteiger charge is -2.00. The van der Waals surface area contributed by atoms with Gasteiger partial charge in [-0.25, -0.2) is 4.98 Å². The van der Waals surface area contributed by atoms with Gasteiger partial charge in [-0.1, -0.05) is 6.07 Å². The highest BCUT2D eigenvalue weighted by atomic mass is 32.1. The Kier molecular flexibility index (Phi) is 2.13. The maximum absolute atomic E-state index is 9.42. The minimum absolute atomic E-state index is 0.105. The minimum atomic E-state index is 0.105. The third kappa shape index (κ3) is 1.56. The number of aryl methyl sites for hydroxylation is 1. The molecule has 1 aromatic heterocycles. The van der Waals surface area contributed by atoms with Gasteiger partial charge in [0.05, 0.1) is 16.4 Å². The quantitative estimate of drug-likeness (QED) is 0.556. The number of aromatic hydroxyl groups is 1. The number of hydrogen-bond acceptors (Lipinski definition) is 4. The lowest BCUT2D eigenvalue weighted by atomic mass is 10.1. The molecule has 0 saturated heterocycles. The molecule has 0 saturated carbocycles. The Morgan fingerprint density at radius 2 is 2.21 bits per heavy atom. The lowest BCUT2D eigenvalue weighted by Crippen LogP contribution is -1.86. The van der Waals surface area contributed by atoms with Crippen molar-refractivity contribution < 1.29 is 5.11 Å². The second-order valence-electron chi connectivity index (χ2n) is 3.03. The van der Waals surface area contributed by atoms with E-state index in [0.717, 1.165) is 16.3 Å². The molecule has 0 bridgehead atoms. The average molecular weight is 206 g/mol. The number of anilines is 1. The first-order chi connectivity index (χ1) is 6.66. The predicted octanol–water partition coefficient (Wildman–Crippen LogP) is 2.41. The van der Waals surface area contributed by atoms with E-state index in [1.54, 1.807) is 23.5 Å². The van der Waals surface area contributed by atoms with Gasteiger partial charge >= 0.3 is 0 Å². The fourth-order valence-corrected chi connectivity index (χ4v) is 1.82. The van der Waals surface area contributed by atoms with Gasteiger partial charge in [-0.05, 0) is 19.1 Å². The highest BCUT2D eigenvalue weighted by molar-refractivity contribution is 7.09. The normalized spacial score (nSPS) is 10.4. The SMILES string of the molecule is Cc1nc(-c2ccc(N)c(O)c2)cs1. The third-order valence-corrected chi connectivity index (χ3v) is 2.72. The van der Waals surface area contributed by atoms with Crippen LogP contribution in [-0.4, -0.2) is 10.1 Å². The molecule has 14 heavy (non-hydrogen) atoms. The zero-order chi connectivity index (χ0) is 10.1. The number of aromatic nitrogens is 1. The van der Waals surface area contributed by atoms with Gasteiger partial charge in [-0.3, -0.25) is 0 Å². The van der Waals surface area contributed by atoms with Gasteiger partial charge in [0.15, 0.2) is 0 Å². The molecule has 2 aromatic rings. The highest BCUT2D eigenvalue weighted by Crippen LogP contribution is 2.28. The highest BCUT2D eigenvalue weighted by Gasteiger charge is 2.04. The maximum atomic E-state index is 9.42. The van der Waals surface area contributed by atoms with Crippen LogP contribution in [0, 0.1) is 6.92 Å². The molecule has 1 aromatic carbocycles. The van der Waals surface area contributed by atoms with E-state index < -0.39 is 0 Å². The summed E-state index contributed by atoms with van der Waals surface area (Å²) in [6, 6.07) is 5.16. The summed E-state index contributed by atoms with van der Waals surface area (Å²) in [5, 5.41) is 12.4. The fraction of sp³-hybridized carbons (Fsp3) is 0.100. The monoisotopic (exact) mass is 206 g/mol. The molecule has 4 heteroatoms. The van der Waals surface area contributed by atoms with Crippen LogP contribution in [0.15, 0.2) is 23.6 Å². The number of benzene rings is 1. The summed E-state index contributed by atoms with van der Waals surface area (Å²) in [4.78, 5) is 4.32. The van der Waals surface area contributed by atoms with Gasteiger partial charge < -0.3 is 10.8 Å². The van der Waals surface area contributed by atoms with E-state index in [2.05, 4.69) is 4.98 Å². The molecule has 0 spiro atoms. The second-order valence-corrected chi connectivity index (χ2v) is 4.09. The van der Waals surface area contributed by atoms with Crippen LogP contribution < -0.4 is 5.73 Å². The Hall–Kier alpha value is -1.55. The van der Waals surface area contributed by atoms with Crippen LogP contribution in [0.4, 0.5) is 5.69 Å². The van der Waals surface area contributed by atoms with E-state index in [-0.39, 0.29) is 5.75 Å². The van der Waals surface area contributed by atoms with E-state index >= 15 is 0 Å². The summed E-state index contributed by atoms with van der Waals surface area (Å²) in [6.07, 6.45) is 0. The standard InChI is InChI=1S/C10H10N2OS/c1-6-12-9(5-14-6)7-2-3-8(11)10(13)4-7/h2-5,13H,11H2,1H3. The van der Waals surface area contributed by atoms with Crippen molar-refractivity contribution in [3.8, 4) is 17.0 Å². The van der Waals surface area contributed by atoms with Gasteiger partial charge in [0.25, 0.3) is 0 Å². The number of nitrogens with two attached hydrogens (primary N) is 1. The van der Waals surface area contributed by atoms with Crippen LogP contribution in [0.2, 0.25) is 0 Å². The third-order valence-electron chi connectivity index (χ3n) is 1.95. The van der Waals surface area contributed by atoms with Crippen LogP contribution >= 0.6 is 11.3 Å². The average Bonchev–Trinajstić information content (AvgIpc) is 2.57. The zero-order valence-corrected chi connectivity index (χ0v) is 8.51. The smallest absolute Gasteiger partial charge is 0.139 e. The Morgan fingerprint density at radius 3 is 2.79 bits per heavy atom. The first-order valence-corrected chi connectivity index (χ1v) is 5.06. The van der Waals surface area contributed by atoms with E-state index in [0.29, 0.717) is 5.69 Å². The summed E-state index contributed by atoms with van der Waals surface area (Å²) in [6.45, 7) is 1.95. The zero-order valence-electron chi connectivity index (χ0n) is 7.69. The molecule has 0 unspecified atom stereocenters. The summed E-state index contributed by atoms with van der Waals surface area (Å²) >= 11 is 1.59. The van der Waals surface area contributed by atoms with E-state index in [1.807, 2.05) is 18.4 Å². The van der Waals surface area contributed by atoms with E-state index in [1.165, 1.54) is 0 Å². The Labute approximate surface area is 85.8 Å². The number of rotatable bonds is 1. The molecule has 72 valence electrons. The molecule has 0 aliphatic rings. The summed E-state index contributed by atoms with van der Waals surface area (Å²) in [5.74, 6) is 0.105. The van der Waals surface area contributed by atoms with E-state index in [4.69, 9.17) is 5.73 Å².